The predicted octanol–water partition coefficient (Wildman–Crippen LogP) is 2.48. The lowest BCUT2D eigenvalue weighted by Crippen LogP contribution is -1.96. The first-order valence-corrected chi connectivity index (χ1v) is 6.66. The summed E-state index contributed by atoms with van der Waals surface area (Å²) in [5, 5.41) is 0. The van der Waals surface area contributed by atoms with E-state index in [1.807, 2.05) is 47.0 Å². The maximum Gasteiger partial charge on any atom is 0.145 e. The Morgan fingerprint density at radius 1 is 1.10 bits per heavy atom. The molecule has 0 aliphatic heterocycles. The Labute approximate surface area is 122 Å². The van der Waals surface area contributed by atoms with E-state index >= 15 is 0 Å². The van der Waals surface area contributed by atoms with Crippen LogP contribution in [0.4, 0.5) is 0 Å². The Balaban J connectivity index is 2.25. The van der Waals surface area contributed by atoms with Crippen LogP contribution in [-0.4, -0.2) is 23.6 Å². The minimum Gasteiger partial charge on any atom is -0.497 e. The molecular formula is C16H17N3O2. The zero-order valence-corrected chi connectivity index (χ0v) is 12.0. The van der Waals surface area contributed by atoms with Crippen LogP contribution in [0.2, 0.25) is 0 Å². The Morgan fingerprint density at radius 3 is 2.43 bits per heavy atom. The van der Waals surface area contributed by atoms with E-state index in [2.05, 4.69) is 4.98 Å². The molecule has 0 aliphatic rings. The van der Waals surface area contributed by atoms with Gasteiger partial charge in [-0.2, -0.15) is 0 Å². The molecule has 0 fully saturated rings. The molecule has 5 heteroatoms. The topological polar surface area (TPSA) is 61.8 Å². The number of imidazole rings is 1. The largest absolute Gasteiger partial charge is 0.497 e. The van der Waals surface area contributed by atoms with Crippen LogP contribution in [0.5, 0.6) is 11.5 Å². The van der Waals surface area contributed by atoms with Gasteiger partial charge in [-0.15, -0.1) is 0 Å². The summed E-state index contributed by atoms with van der Waals surface area (Å²) < 4.78 is 12.7. The highest BCUT2D eigenvalue weighted by Gasteiger charge is 2.13. The molecule has 3 rings (SSSR count). The third kappa shape index (κ3) is 2.32. The van der Waals surface area contributed by atoms with Gasteiger partial charge in [0, 0.05) is 24.4 Å². The fraction of sp³-hybridized carbons (Fsp3) is 0.188. The fourth-order valence-electron chi connectivity index (χ4n) is 2.39. The number of nitrogens with zero attached hydrogens (tertiary/aromatic N) is 2. The first kappa shape index (κ1) is 13.5. The number of fused-ring (bicyclic) bond motifs is 1. The van der Waals surface area contributed by atoms with Crippen LogP contribution in [0.1, 0.15) is 5.69 Å². The second kappa shape index (κ2) is 5.46. The van der Waals surface area contributed by atoms with Crippen LogP contribution in [0.3, 0.4) is 0 Å². The number of hydrogen-bond acceptors (Lipinski definition) is 4. The number of hydrogen-bond donors (Lipinski definition) is 1. The van der Waals surface area contributed by atoms with Gasteiger partial charge in [0.25, 0.3) is 0 Å². The molecule has 2 N–H and O–H groups in total. The summed E-state index contributed by atoms with van der Waals surface area (Å²) in [5.41, 5.74) is 8.60. The van der Waals surface area contributed by atoms with E-state index in [1.165, 1.54) is 0 Å². The molecule has 0 amide bonds. The van der Waals surface area contributed by atoms with Crippen molar-refractivity contribution in [2.24, 2.45) is 5.73 Å². The molecular weight excluding hydrogens is 266 g/mol. The Kier molecular flexibility index (Phi) is 3.50. The number of aromatic nitrogens is 2. The third-order valence-corrected chi connectivity index (χ3v) is 3.43. The van der Waals surface area contributed by atoms with E-state index in [9.17, 15) is 0 Å². The van der Waals surface area contributed by atoms with Crippen LogP contribution in [0.25, 0.3) is 16.9 Å². The summed E-state index contributed by atoms with van der Waals surface area (Å²) in [6, 6.07) is 11.7. The summed E-state index contributed by atoms with van der Waals surface area (Å²) in [5.74, 6) is 2.28. The molecule has 108 valence electrons. The maximum absolute atomic E-state index is 5.79. The van der Waals surface area contributed by atoms with Crippen LogP contribution in [0.15, 0.2) is 42.6 Å². The number of pyridine rings is 1. The van der Waals surface area contributed by atoms with Gasteiger partial charge in [0.05, 0.1) is 25.4 Å². The average Bonchev–Trinajstić information content (AvgIpc) is 2.93. The lowest BCUT2D eigenvalue weighted by Gasteiger charge is -2.08. The van der Waals surface area contributed by atoms with E-state index in [1.54, 1.807) is 14.2 Å². The quantitative estimate of drug-likeness (QED) is 0.799. The number of ether oxygens (including phenoxy) is 2. The highest BCUT2D eigenvalue weighted by Crippen LogP contribution is 2.30. The Hall–Kier alpha value is -2.53. The van der Waals surface area contributed by atoms with Gasteiger partial charge in [-0.05, 0) is 24.3 Å². The highest BCUT2D eigenvalue weighted by molar-refractivity contribution is 5.68. The average molecular weight is 283 g/mol. The number of methoxy groups -OCH3 is 2. The zero-order valence-electron chi connectivity index (χ0n) is 12.0. The molecule has 5 nitrogen and oxygen atoms in total. The monoisotopic (exact) mass is 283 g/mol. The second-order valence-corrected chi connectivity index (χ2v) is 4.64. The summed E-state index contributed by atoms with van der Waals surface area (Å²) in [6.07, 6.45) is 1.97. The molecule has 0 aliphatic carbocycles. The van der Waals surface area contributed by atoms with Crippen molar-refractivity contribution in [3.63, 3.8) is 0 Å². The van der Waals surface area contributed by atoms with Gasteiger partial charge in [-0.25, -0.2) is 4.98 Å². The van der Waals surface area contributed by atoms with Gasteiger partial charge < -0.3 is 15.2 Å². The van der Waals surface area contributed by atoms with Crippen LogP contribution in [0, 0.1) is 0 Å². The molecule has 0 saturated carbocycles. The normalized spacial score (nSPS) is 10.8. The zero-order chi connectivity index (χ0) is 14.8. The highest BCUT2D eigenvalue weighted by atomic mass is 16.5. The van der Waals surface area contributed by atoms with Crippen molar-refractivity contribution in [3.8, 4) is 22.9 Å². The van der Waals surface area contributed by atoms with Crippen molar-refractivity contribution in [1.29, 1.82) is 0 Å². The molecule has 0 radical (unpaired) electrons. The van der Waals surface area contributed by atoms with Gasteiger partial charge >= 0.3 is 0 Å². The van der Waals surface area contributed by atoms with Crippen molar-refractivity contribution >= 4 is 5.52 Å². The third-order valence-electron chi connectivity index (χ3n) is 3.43. The van der Waals surface area contributed by atoms with E-state index < -0.39 is 0 Å². The van der Waals surface area contributed by atoms with Gasteiger partial charge in [0.1, 0.15) is 17.3 Å². The molecule has 0 saturated heterocycles. The van der Waals surface area contributed by atoms with E-state index in [4.69, 9.17) is 15.2 Å². The molecule has 0 bridgehead atoms. The van der Waals surface area contributed by atoms with E-state index in [0.717, 1.165) is 34.1 Å². The Morgan fingerprint density at radius 2 is 1.81 bits per heavy atom. The van der Waals surface area contributed by atoms with Crippen LogP contribution < -0.4 is 15.2 Å². The molecule has 0 unspecified atom stereocenters. The van der Waals surface area contributed by atoms with Crippen molar-refractivity contribution in [1.82, 2.24) is 9.38 Å². The fourth-order valence-corrected chi connectivity index (χ4v) is 2.39. The number of benzene rings is 1. The summed E-state index contributed by atoms with van der Waals surface area (Å²) in [6.45, 7) is 0.397. The molecule has 2 aromatic heterocycles. The SMILES string of the molecule is COc1cc(OC)cc(-c2nc(CN)c3ccccn23)c1. The van der Waals surface area contributed by atoms with Crippen molar-refractivity contribution < 1.29 is 9.47 Å². The minimum absolute atomic E-state index is 0.397. The number of nitrogens with two attached hydrogens (primary N) is 1. The molecule has 2 heterocycles. The van der Waals surface area contributed by atoms with Gasteiger partial charge in [-0.3, -0.25) is 4.40 Å². The van der Waals surface area contributed by atoms with Crippen LogP contribution in [-0.2, 0) is 6.54 Å². The van der Waals surface area contributed by atoms with Gasteiger partial charge in [0.15, 0.2) is 0 Å². The molecule has 0 atom stereocenters. The summed E-state index contributed by atoms with van der Waals surface area (Å²) in [7, 11) is 3.26. The van der Waals surface area contributed by atoms with Gasteiger partial charge in [-0.1, -0.05) is 6.07 Å². The van der Waals surface area contributed by atoms with Crippen molar-refractivity contribution in [3.05, 3.63) is 48.3 Å². The lowest BCUT2D eigenvalue weighted by atomic mass is 10.2. The van der Waals surface area contributed by atoms with Gasteiger partial charge in [0.2, 0.25) is 0 Å². The summed E-state index contributed by atoms with van der Waals surface area (Å²) >= 11 is 0. The maximum atomic E-state index is 5.79. The minimum atomic E-state index is 0.397. The molecule has 21 heavy (non-hydrogen) atoms. The van der Waals surface area contributed by atoms with Crippen molar-refractivity contribution in [2.45, 2.75) is 6.54 Å². The van der Waals surface area contributed by atoms with E-state index in [0.29, 0.717) is 6.54 Å². The number of rotatable bonds is 4. The second-order valence-electron chi connectivity index (χ2n) is 4.64. The first-order chi connectivity index (χ1) is 10.3. The smallest absolute Gasteiger partial charge is 0.145 e. The molecule has 3 aromatic rings. The molecule has 1 aromatic carbocycles. The predicted molar refractivity (Wildman–Crippen MR) is 81.6 cm³/mol. The first-order valence-electron chi connectivity index (χ1n) is 6.66. The van der Waals surface area contributed by atoms with E-state index in [-0.39, 0.29) is 0 Å². The van der Waals surface area contributed by atoms with Crippen molar-refractivity contribution in [2.75, 3.05) is 14.2 Å². The lowest BCUT2D eigenvalue weighted by molar-refractivity contribution is 0.394. The summed E-state index contributed by atoms with van der Waals surface area (Å²) in [4.78, 5) is 4.66. The standard InChI is InChI=1S/C16H17N3O2/c1-20-12-7-11(8-13(9-12)21-2)16-18-14(10-17)15-5-3-4-6-19(15)16/h3-9H,10,17H2,1-2H3. The van der Waals surface area contributed by atoms with Crippen LogP contribution >= 0.6 is 0 Å². The Bertz CT molecular complexity index is 758. The molecule has 0 spiro atoms.